The molecule has 0 bridgehead atoms. The summed E-state index contributed by atoms with van der Waals surface area (Å²) in [5.74, 6) is -0.504. The number of methoxy groups -OCH3 is 1. The summed E-state index contributed by atoms with van der Waals surface area (Å²) < 4.78 is 47.3. The van der Waals surface area contributed by atoms with Gasteiger partial charge in [0, 0.05) is 11.8 Å². The maximum absolute atomic E-state index is 12.5. The van der Waals surface area contributed by atoms with Gasteiger partial charge in [0.1, 0.15) is 5.75 Å². The molecule has 0 heterocycles. The molecule has 0 spiro atoms. The van der Waals surface area contributed by atoms with Crippen LogP contribution >= 0.6 is 0 Å². The van der Waals surface area contributed by atoms with Crippen LogP contribution in [0.5, 0.6) is 5.75 Å². The molecule has 28 heavy (non-hydrogen) atoms. The summed E-state index contributed by atoms with van der Waals surface area (Å²) in [6.07, 6.45) is -1.76. The first kappa shape index (κ1) is 21.0. The van der Waals surface area contributed by atoms with E-state index in [1.54, 1.807) is 25.1 Å². The first-order valence-corrected chi connectivity index (χ1v) is 8.15. The molecule has 1 N–H and O–H groups in total. The fourth-order valence-corrected chi connectivity index (χ4v) is 2.20. The molecule has 0 aliphatic heterocycles. The molecule has 0 atom stereocenters. The number of carbonyl (C=O) groups excluding carboxylic acids is 2. The Morgan fingerprint density at radius 3 is 2.36 bits per heavy atom. The maximum Gasteiger partial charge on any atom is 0.416 e. The van der Waals surface area contributed by atoms with Gasteiger partial charge in [0.15, 0.2) is 6.61 Å². The molecule has 5 nitrogen and oxygen atoms in total. The molecule has 0 radical (unpaired) electrons. The number of alkyl halides is 3. The van der Waals surface area contributed by atoms with Crippen LogP contribution in [0.1, 0.15) is 16.7 Å². The topological polar surface area (TPSA) is 64.6 Å². The highest BCUT2D eigenvalue weighted by Crippen LogP contribution is 2.29. The van der Waals surface area contributed by atoms with E-state index in [0.717, 1.165) is 12.1 Å². The number of ether oxygens (including phenoxy) is 2. The molecular weight excluding hydrogens is 375 g/mol. The second-order valence-corrected chi connectivity index (χ2v) is 5.78. The quantitative estimate of drug-likeness (QED) is 0.590. The van der Waals surface area contributed by atoms with Crippen molar-refractivity contribution in [1.29, 1.82) is 0 Å². The van der Waals surface area contributed by atoms with Crippen LogP contribution in [-0.4, -0.2) is 25.6 Å². The molecule has 148 valence electrons. The number of aryl methyl sites for hydroxylation is 1. The normalized spacial score (nSPS) is 11.3. The molecule has 0 unspecified atom stereocenters. The average molecular weight is 393 g/mol. The predicted octanol–water partition coefficient (Wildman–Crippen LogP) is 4.22. The van der Waals surface area contributed by atoms with Gasteiger partial charge >= 0.3 is 12.1 Å². The lowest BCUT2D eigenvalue weighted by Crippen LogP contribution is -2.13. The van der Waals surface area contributed by atoms with E-state index in [9.17, 15) is 22.8 Å². The zero-order chi connectivity index (χ0) is 20.7. The van der Waals surface area contributed by atoms with Crippen LogP contribution in [0, 0.1) is 6.92 Å². The fraction of sp³-hybridized carbons (Fsp3) is 0.200. The van der Waals surface area contributed by atoms with Crippen LogP contribution in [0.25, 0.3) is 6.08 Å². The molecule has 0 aliphatic rings. The smallest absolute Gasteiger partial charge is 0.416 e. The largest absolute Gasteiger partial charge is 0.482 e. The lowest BCUT2D eigenvalue weighted by molar-refractivity contribution is -0.143. The van der Waals surface area contributed by atoms with Crippen molar-refractivity contribution in [3.05, 3.63) is 65.2 Å². The Hall–Kier alpha value is -3.29. The van der Waals surface area contributed by atoms with Crippen LogP contribution in [0.4, 0.5) is 18.9 Å². The molecule has 0 aromatic heterocycles. The summed E-state index contributed by atoms with van der Waals surface area (Å²) in [5.41, 5.74) is 0.955. The molecule has 0 fully saturated rings. The zero-order valence-electron chi connectivity index (χ0n) is 15.2. The second-order valence-electron chi connectivity index (χ2n) is 5.78. The zero-order valence-corrected chi connectivity index (χ0v) is 15.2. The third-order valence-electron chi connectivity index (χ3n) is 3.71. The van der Waals surface area contributed by atoms with E-state index in [0.29, 0.717) is 22.6 Å². The molecule has 0 aliphatic carbocycles. The Balaban J connectivity index is 1.97. The average Bonchev–Trinajstić information content (AvgIpc) is 2.66. The number of nitrogens with one attached hydrogen (secondary N) is 1. The summed E-state index contributed by atoms with van der Waals surface area (Å²) in [7, 11) is 1.26. The van der Waals surface area contributed by atoms with Crippen molar-refractivity contribution >= 4 is 23.6 Å². The van der Waals surface area contributed by atoms with Gasteiger partial charge in [-0.3, -0.25) is 4.79 Å². The highest BCUT2D eigenvalue weighted by molar-refractivity contribution is 6.02. The van der Waals surface area contributed by atoms with Crippen LogP contribution in [0.3, 0.4) is 0 Å². The van der Waals surface area contributed by atoms with Crippen LogP contribution in [0.2, 0.25) is 0 Å². The van der Waals surface area contributed by atoms with Crippen LogP contribution in [0.15, 0.2) is 48.5 Å². The lowest BCUT2D eigenvalue weighted by atomic mass is 10.1. The predicted molar refractivity (Wildman–Crippen MR) is 97.8 cm³/mol. The summed E-state index contributed by atoms with van der Waals surface area (Å²) in [6, 6.07) is 9.33. The van der Waals surface area contributed by atoms with Crippen LogP contribution < -0.4 is 10.1 Å². The van der Waals surface area contributed by atoms with E-state index in [1.807, 2.05) is 0 Å². The monoisotopic (exact) mass is 393 g/mol. The van der Waals surface area contributed by atoms with Crippen molar-refractivity contribution in [3.63, 3.8) is 0 Å². The van der Waals surface area contributed by atoms with Gasteiger partial charge in [0.05, 0.1) is 12.7 Å². The Morgan fingerprint density at radius 1 is 1.11 bits per heavy atom. The van der Waals surface area contributed by atoms with Crippen molar-refractivity contribution in [3.8, 4) is 5.75 Å². The summed E-state index contributed by atoms with van der Waals surface area (Å²) >= 11 is 0. The first-order valence-electron chi connectivity index (χ1n) is 8.15. The standard InChI is InChI=1S/C20H18F3NO4/c1-13-11-16(28-12-19(26)27-2)8-9-17(13)24-18(25)10-5-14-3-6-15(7-4-14)20(21,22)23/h3-11H,12H2,1-2H3,(H,24,25)/b10-5+. The number of benzene rings is 2. The molecule has 2 aromatic rings. The number of esters is 1. The van der Waals surface area contributed by atoms with Gasteiger partial charge in [-0.1, -0.05) is 12.1 Å². The SMILES string of the molecule is COC(=O)COc1ccc(NC(=O)/C=C/c2ccc(C(F)(F)F)cc2)c(C)c1. The van der Waals surface area contributed by atoms with E-state index in [2.05, 4.69) is 10.1 Å². The van der Waals surface area contributed by atoms with Crippen molar-refractivity contribution in [2.24, 2.45) is 0 Å². The Bertz CT molecular complexity index is 874. The highest BCUT2D eigenvalue weighted by atomic mass is 19.4. The van der Waals surface area contributed by atoms with Gasteiger partial charge < -0.3 is 14.8 Å². The first-order chi connectivity index (χ1) is 13.2. The number of carbonyl (C=O) groups is 2. The molecule has 2 rings (SSSR count). The molecule has 0 saturated heterocycles. The van der Waals surface area contributed by atoms with Gasteiger partial charge in [0.2, 0.25) is 5.91 Å². The van der Waals surface area contributed by atoms with Gasteiger partial charge in [-0.15, -0.1) is 0 Å². The van der Waals surface area contributed by atoms with Gasteiger partial charge in [-0.25, -0.2) is 4.79 Å². The Kier molecular flexibility index (Phi) is 6.81. The van der Waals surface area contributed by atoms with Crippen molar-refractivity contribution in [2.45, 2.75) is 13.1 Å². The van der Waals surface area contributed by atoms with E-state index in [4.69, 9.17) is 4.74 Å². The summed E-state index contributed by atoms with van der Waals surface area (Å²) in [4.78, 5) is 23.1. The minimum Gasteiger partial charge on any atom is -0.482 e. The molecule has 1 amide bonds. The van der Waals surface area contributed by atoms with E-state index in [1.165, 1.54) is 31.4 Å². The number of hydrogen-bond acceptors (Lipinski definition) is 4. The number of anilines is 1. The lowest BCUT2D eigenvalue weighted by Gasteiger charge is -2.10. The third-order valence-corrected chi connectivity index (χ3v) is 3.71. The van der Waals surface area contributed by atoms with Crippen LogP contribution in [-0.2, 0) is 20.5 Å². The highest BCUT2D eigenvalue weighted by Gasteiger charge is 2.29. The van der Waals surface area contributed by atoms with E-state index < -0.39 is 23.6 Å². The third kappa shape index (κ3) is 6.15. The van der Waals surface area contributed by atoms with Crippen molar-refractivity contribution in [1.82, 2.24) is 0 Å². The van der Waals surface area contributed by atoms with Gasteiger partial charge in [0.25, 0.3) is 0 Å². The number of amides is 1. The van der Waals surface area contributed by atoms with Crippen molar-refractivity contribution in [2.75, 3.05) is 19.0 Å². The van der Waals surface area contributed by atoms with E-state index in [-0.39, 0.29) is 6.61 Å². The maximum atomic E-state index is 12.5. The van der Waals surface area contributed by atoms with E-state index >= 15 is 0 Å². The summed E-state index contributed by atoms with van der Waals surface area (Å²) in [5, 5.41) is 2.67. The molecular formula is C20H18F3NO4. The summed E-state index contributed by atoms with van der Waals surface area (Å²) in [6.45, 7) is 1.53. The minimum atomic E-state index is -4.40. The molecule has 2 aromatic carbocycles. The van der Waals surface area contributed by atoms with Gasteiger partial charge in [-0.2, -0.15) is 13.2 Å². The second kappa shape index (κ2) is 9.07. The fourth-order valence-electron chi connectivity index (χ4n) is 2.20. The Labute approximate surface area is 159 Å². The number of hydrogen-bond donors (Lipinski definition) is 1. The number of halogens is 3. The number of rotatable bonds is 6. The molecule has 8 heteroatoms. The molecule has 0 saturated carbocycles. The van der Waals surface area contributed by atoms with Crippen molar-refractivity contribution < 1.29 is 32.2 Å². The van der Waals surface area contributed by atoms with Gasteiger partial charge in [-0.05, 0) is 54.5 Å². The minimum absolute atomic E-state index is 0.225. The Morgan fingerprint density at radius 2 is 1.79 bits per heavy atom.